The fourth-order valence-corrected chi connectivity index (χ4v) is 1.68. The fourth-order valence-electron chi connectivity index (χ4n) is 1.68. The van der Waals surface area contributed by atoms with Crippen molar-refractivity contribution in [2.24, 2.45) is 0 Å². The van der Waals surface area contributed by atoms with Gasteiger partial charge in [0.05, 0.1) is 6.61 Å². The molecule has 0 aromatic carbocycles. The lowest BCUT2D eigenvalue weighted by molar-refractivity contribution is -0.217. The Morgan fingerprint density at radius 3 is 2.69 bits per heavy atom. The summed E-state index contributed by atoms with van der Waals surface area (Å²) in [6, 6.07) is 0. The summed E-state index contributed by atoms with van der Waals surface area (Å²) < 4.78 is 16.0. The molecule has 0 amide bonds. The molecule has 92 valence electrons. The molecule has 16 heavy (non-hydrogen) atoms. The zero-order valence-corrected chi connectivity index (χ0v) is 10.2. The summed E-state index contributed by atoms with van der Waals surface area (Å²) in [6.45, 7) is 7.60. The topological polar surface area (TPSA) is 44.8 Å². The van der Waals surface area contributed by atoms with Gasteiger partial charge in [0.15, 0.2) is 6.29 Å². The van der Waals surface area contributed by atoms with Gasteiger partial charge in [-0.05, 0) is 19.8 Å². The fraction of sp³-hybridized carbons (Fsp3) is 0.750. The molecule has 0 N–H and O–H groups in total. The maximum absolute atomic E-state index is 11.5. The van der Waals surface area contributed by atoms with Crippen LogP contribution in [-0.2, 0) is 19.0 Å². The van der Waals surface area contributed by atoms with E-state index in [2.05, 4.69) is 6.58 Å². The van der Waals surface area contributed by atoms with E-state index in [4.69, 9.17) is 14.2 Å². The lowest BCUT2D eigenvalue weighted by Crippen LogP contribution is -2.45. The van der Waals surface area contributed by atoms with Gasteiger partial charge in [-0.2, -0.15) is 0 Å². The Balaban J connectivity index is 2.59. The SMILES string of the molecule is C=C(C)C(=O)OC1(CC)CCC(OC)OC1. The van der Waals surface area contributed by atoms with E-state index in [-0.39, 0.29) is 12.3 Å². The molecule has 4 heteroatoms. The van der Waals surface area contributed by atoms with Gasteiger partial charge in [0.25, 0.3) is 0 Å². The van der Waals surface area contributed by atoms with Gasteiger partial charge in [0.1, 0.15) is 5.60 Å². The molecule has 1 aliphatic heterocycles. The van der Waals surface area contributed by atoms with Crippen molar-refractivity contribution in [2.75, 3.05) is 13.7 Å². The van der Waals surface area contributed by atoms with Gasteiger partial charge in [0.2, 0.25) is 0 Å². The zero-order valence-electron chi connectivity index (χ0n) is 10.2. The summed E-state index contributed by atoms with van der Waals surface area (Å²) in [7, 11) is 1.61. The average molecular weight is 228 g/mol. The summed E-state index contributed by atoms with van der Waals surface area (Å²) in [4.78, 5) is 11.5. The zero-order chi connectivity index (χ0) is 12.2. The summed E-state index contributed by atoms with van der Waals surface area (Å²) >= 11 is 0. The molecule has 2 atom stereocenters. The van der Waals surface area contributed by atoms with Crippen LogP contribution >= 0.6 is 0 Å². The number of ether oxygens (including phenoxy) is 3. The van der Waals surface area contributed by atoms with Crippen molar-refractivity contribution in [3.63, 3.8) is 0 Å². The van der Waals surface area contributed by atoms with Gasteiger partial charge in [-0.1, -0.05) is 13.5 Å². The number of rotatable bonds is 4. The van der Waals surface area contributed by atoms with Crippen molar-refractivity contribution < 1.29 is 19.0 Å². The van der Waals surface area contributed by atoms with Crippen LogP contribution in [0.15, 0.2) is 12.2 Å². The molecule has 0 bridgehead atoms. The average Bonchev–Trinajstić information content (AvgIpc) is 2.29. The summed E-state index contributed by atoms with van der Waals surface area (Å²) in [6.07, 6.45) is 2.07. The van der Waals surface area contributed by atoms with Gasteiger partial charge < -0.3 is 14.2 Å². The monoisotopic (exact) mass is 228 g/mol. The van der Waals surface area contributed by atoms with Crippen LogP contribution in [0.2, 0.25) is 0 Å². The van der Waals surface area contributed by atoms with Crippen LogP contribution in [0.4, 0.5) is 0 Å². The van der Waals surface area contributed by atoms with E-state index in [0.717, 1.165) is 19.3 Å². The van der Waals surface area contributed by atoms with Crippen LogP contribution in [0.25, 0.3) is 0 Å². The molecule has 0 saturated carbocycles. The second-order valence-corrected chi connectivity index (χ2v) is 4.22. The van der Waals surface area contributed by atoms with Crippen LogP contribution in [0.5, 0.6) is 0 Å². The molecule has 4 nitrogen and oxygen atoms in total. The third-order valence-corrected chi connectivity index (χ3v) is 2.93. The maximum atomic E-state index is 11.5. The molecule has 0 radical (unpaired) electrons. The number of carbonyl (C=O) groups is 1. The highest BCUT2D eigenvalue weighted by Crippen LogP contribution is 2.30. The van der Waals surface area contributed by atoms with Crippen LogP contribution < -0.4 is 0 Å². The van der Waals surface area contributed by atoms with Crippen molar-refractivity contribution in [3.05, 3.63) is 12.2 Å². The summed E-state index contributed by atoms with van der Waals surface area (Å²) in [5.74, 6) is -0.346. The van der Waals surface area contributed by atoms with Crippen molar-refractivity contribution in [2.45, 2.75) is 45.0 Å². The van der Waals surface area contributed by atoms with Gasteiger partial charge >= 0.3 is 5.97 Å². The first kappa shape index (κ1) is 13.2. The summed E-state index contributed by atoms with van der Waals surface area (Å²) in [5.41, 5.74) is -0.0906. The smallest absolute Gasteiger partial charge is 0.333 e. The Morgan fingerprint density at radius 2 is 2.31 bits per heavy atom. The number of carbonyl (C=O) groups excluding carboxylic acids is 1. The molecule has 0 spiro atoms. The molecule has 0 aliphatic carbocycles. The maximum Gasteiger partial charge on any atom is 0.333 e. The van der Waals surface area contributed by atoms with Crippen LogP contribution in [0, 0.1) is 0 Å². The number of hydrogen-bond acceptors (Lipinski definition) is 4. The standard InChI is InChI=1S/C12H20O4/c1-5-12(16-11(13)9(2)3)7-6-10(14-4)15-8-12/h10H,2,5-8H2,1,3-4H3. The molecule has 0 aromatic rings. The van der Waals surface area contributed by atoms with E-state index >= 15 is 0 Å². The molecule has 1 aliphatic rings. The Hall–Kier alpha value is -0.870. The number of hydrogen-bond donors (Lipinski definition) is 0. The normalized spacial score (nSPS) is 29.8. The molecule has 1 rings (SSSR count). The predicted molar refractivity (Wildman–Crippen MR) is 59.9 cm³/mol. The highest BCUT2D eigenvalue weighted by molar-refractivity contribution is 5.87. The van der Waals surface area contributed by atoms with E-state index in [1.54, 1.807) is 14.0 Å². The van der Waals surface area contributed by atoms with Crippen LogP contribution in [-0.4, -0.2) is 31.6 Å². The summed E-state index contributed by atoms with van der Waals surface area (Å²) in [5, 5.41) is 0. The molecule has 1 fully saturated rings. The minimum absolute atomic E-state index is 0.178. The number of methoxy groups -OCH3 is 1. The predicted octanol–water partition coefficient (Wildman–Crippen LogP) is 2.04. The Morgan fingerprint density at radius 1 is 1.62 bits per heavy atom. The molecule has 2 unspecified atom stereocenters. The minimum Gasteiger partial charge on any atom is -0.453 e. The van der Waals surface area contributed by atoms with Crippen molar-refractivity contribution in [1.82, 2.24) is 0 Å². The number of esters is 1. The Kier molecular flexibility index (Phi) is 4.50. The first-order valence-corrected chi connectivity index (χ1v) is 5.56. The second-order valence-electron chi connectivity index (χ2n) is 4.22. The van der Waals surface area contributed by atoms with Crippen molar-refractivity contribution in [3.8, 4) is 0 Å². The van der Waals surface area contributed by atoms with Crippen molar-refractivity contribution >= 4 is 5.97 Å². The molecular weight excluding hydrogens is 208 g/mol. The molecule has 1 saturated heterocycles. The van der Waals surface area contributed by atoms with Crippen LogP contribution in [0.3, 0.4) is 0 Å². The van der Waals surface area contributed by atoms with Gasteiger partial charge in [-0.25, -0.2) is 4.79 Å². The first-order chi connectivity index (χ1) is 7.53. The Bertz CT molecular complexity index is 264. The first-order valence-electron chi connectivity index (χ1n) is 5.56. The van der Waals surface area contributed by atoms with Crippen molar-refractivity contribution in [1.29, 1.82) is 0 Å². The second kappa shape index (κ2) is 5.46. The van der Waals surface area contributed by atoms with E-state index in [0.29, 0.717) is 12.2 Å². The van der Waals surface area contributed by atoms with E-state index in [1.165, 1.54) is 0 Å². The van der Waals surface area contributed by atoms with Gasteiger partial charge in [-0.3, -0.25) is 0 Å². The largest absolute Gasteiger partial charge is 0.453 e. The highest BCUT2D eigenvalue weighted by Gasteiger charge is 2.38. The molecule has 0 aromatic heterocycles. The highest BCUT2D eigenvalue weighted by atomic mass is 16.7. The third kappa shape index (κ3) is 3.06. The van der Waals surface area contributed by atoms with E-state index in [9.17, 15) is 4.79 Å². The minimum atomic E-state index is -0.509. The van der Waals surface area contributed by atoms with E-state index < -0.39 is 5.60 Å². The lowest BCUT2D eigenvalue weighted by atomic mass is 9.93. The van der Waals surface area contributed by atoms with Gasteiger partial charge in [-0.15, -0.1) is 0 Å². The van der Waals surface area contributed by atoms with E-state index in [1.807, 2.05) is 6.92 Å². The molecular formula is C12H20O4. The lowest BCUT2D eigenvalue weighted by Gasteiger charge is -2.38. The Labute approximate surface area is 96.6 Å². The molecule has 1 heterocycles. The quantitative estimate of drug-likeness (QED) is 0.545. The van der Waals surface area contributed by atoms with Crippen LogP contribution in [0.1, 0.15) is 33.1 Å². The van der Waals surface area contributed by atoms with Gasteiger partial charge in [0, 0.05) is 19.1 Å². The third-order valence-electron chi connectivity index (χ3n) is 2.93.